The van der Waals surface area contributed by atoms with E-state index in [0.717, 1.165) is 17.3 Å². The van der Waals surface area contributed by atoms with Crippen LogP contribution in [-0.4, -0.2) is 21.3 Å². The highest BCUT2D eigenvalue weighted by Gasteiger charge is 2.14. The Kier molecular flexibility index (Phi) is 5.87. The minimum atomic E-state index is -1.09. The third-order valence-electron chi connectivity index (χ3n) is 3.41. The molecular weight excluding hydrogens is 371 g/mol. The number of hydrogen-bond acceptors (Lipinski definition) is 6. The maximum atomic E-state index is 12.9. The number of ether oxygens (including phenoxy) is 1. The van der Waals surface area contributed by atoms with Gasteiger partial charge in [-0.3, -0.25) is 0 Å². The van der Waals surface area contributed by atoms with Crippen LogP contribution < -0.4 is 4.74 Å². The number of aromatic nitrogens is 2. The summed E-state index contributed by atoms with van der Waals surface area (Å²) in [5, 5.41) is 17.0. The van der Waals surface area contributed by atoms with Crippen LogP contribution in [0, 0.1) is 12.7 Å². The SMILES string of the molecule is Cc1nnc(S/C(=C\c2ccc(OCc3ccc(F)cc3)cc2)C(=O)O)o1. The first-order valence-electron chi connectivity index (χ1n) is 7.90. The average molecular weight is 386 g/mol. The van der Waals surface area contributed by atoms with Crippen molar-refractivity contribution in [3.8, 4) is 5.75 Å². The molecule has 0 amide bonds. The molecule has 0 aliphatic carbocycles. The second-order valence-corrected chi connectivity index (χ2v) is 6.48. The number of carbonyl (C=O) groups is 1. The van der Waals surface area contributed by atoms with E-state index in [9.17, 15) is 14.3 Å². The molecule has 0 saturated heterocycles. The molecule has 6 nitrogen and oxygen atoms in total. The van der Waals surface area contributed by atoms with Crippen molar-refractivity contribution in [2.24, 2.45) is 0 Å². The van der Waals surface area contributed by atoms with E-state index in [4.69, 9.17) is 9.15 Å². The molecule has 0 saturated carbocycles. The van der Waals surface area contributed by atoms with Crippen LogP contribution in [0.15, 0.2) is 63.1 Å². The fraction of sp³-hybridized carbons (Fsp3) is 0.105. The van der Waals surface area contributed by atoms with Crippen molar-refractivity contribution in [2.45, 2.75) is 18.8 Å². The molecule has 1 heterocycles. The van der Waals surface area contributed by atoms with Gasteiger partial charge in [0.25, 0.3) is 5.22 Å². The third-order valence-corrected chi connectivity index (χ3v) is 4.26. The average Bonchev–Trinajstić information content (AvgIpc) is 3.06. The maximum Gasteiger partial charge on any atom is 0.342 e. The van der Waals surface area contributed by atoms with Crippen LogP contribution >= 0.6 is 11.8 Å². The monoisotopic (exact) mass is 386 g/mol. The lowest BCUT2D eigenvalue weighted by Gasteiger charge is -2.07. The van der Waals surface area contributed by atoms with E-state index >= 15 is 0 Å². The zero-order valence-corrected chi connectivity index (χ0v) is 15.1. The zero-order valence-electron chi connectivity index (χ0n) is 14.3. The van der Waals surface area contributed by atoms with Crippen LogP contribution in [0.1, 0.15) is 17.0 Å². The summed E-state index contributed by atoms with van der Waals surface area (Å²) in [5.74, 6) is -0.399. The van der Waals surface area contributed by atoms with Crippen molar-refractivity contribution in [3.05, 3.63) is 76.3 Å². The lowest BCUT2D eigenvalue weighted by Crippen LogP contribution is -1.97. The largest absolute Gasteiger partial charge is 0.489 e. The first-order chi connectivity index (χ1) is 13.0. The molecular formula is C19H15FN2O4S. The van der Waals surface area contributed by atoms with Gasteiger partial charge in [-0.2, -0.15) is 0 Å². The number of halogens is 1. The number of aryl methyl sites for hydroxylation is 1. The van der Waals surface area contributed by atoms with Gasteiger partial charge in [0.1, 0.15) is 23.1 Å². The van der Waals surface area contributed by atoms with Crippen molar-refractivity contribution in [2.75, 3.05) is 0 Å². The van der Waals surface area contributed by atoms with E-state index in [-0.39, 0.29) is 15.9 Å². The molecule has 0 aliphatic rings. The molecule has 138 valence electrons. The molecule has 3 aromatic rings. The lowest BCUT2D eigenvalue weighted by molar-refractivity contribution is -0.131. The van der Waals surface area contributed by atoms with E-state index in [1.807, 2.05) is 0 Å². The summed E-state index contributed by atoms with van der Waals surface area (Å²) in [5.41, 5.74) is 1.53. The lowest BCUT2D eigenvalue weighted by atomic mass is 10.2. The number of carboxylic acid groups (broad SMARTS) is 1. The van der Waals surface area contributed by atoms with Gasteiger partial charge in [-0.05, 0) is 53.2 Å². The second kappa shape index (κ2) is 8.50. The minimum absolute atomic E-state index is 0.0543. The Balaban J connectivity index is 1.66. The molecule has 27 heavy (non-hydrogen) atoms. The van der Waals surface area contributed by atoms with Gasteiger partial charge in [-0.25, -0.2) is 9.18 Å². The number of carboxylic acids is 1. The smallest absolute Gasteiger partial charge is 0.342 e. The summed E-state index contributed by atoms with van der Waals surface area (Å²) < 4.78 is 23.7. The molecule has 2 aromatic carbocycles. The van der Waals surface area contributed by atoms with Crippen molar-refractivity contribution < 1.29 is 23.4 Å². The van der Waals surface area contributed by atoms with Gasteiger partial charge in [0.15, 0.2) is 0 Å². The Morgan fingerprint density at radius 3 is 2.48 bits per heavy atom. The van der Waals surface area contributed by atoms with Gasteiger partial charge < -0.3 is 14.3 Å². The Morgan fingerprint density at radius 1 is 1.19 bits per heavy atom. The molecule has 0 atom stereocenters. The number of thioether (sulfide) groups is 1. The maximum absolute atomic E-state index is 12.9. The van der Waals surface area contributed by atoms with Gasteiger partial charge >= 0.3 is 5.97 Å². The topological polar surface area (TPSA) is 85.5 Å². The summed E-state index contributed by atoms with van der Waals surface area (Å²) in [6.45, 7) is 1.94. The van der Waals surface area contributed by atoms with E-state index in [0.29, 0.717) is 23.8 Å². The normalized spacial score (nSPS) is 11.4. The van der Waals surface area contributed by atoms with Crippen LogP contribution in [0.2, 0.25) is 0 Å². The predicted molar refractivity (Wildman–Crippen MR) is 97.7 cm³/mol. The van der Waals surface area contributed by atoms with E-state index in [1.165, 1.54) is 18.2 Å². The Bertz CT molecular complexity index is 953. The van der Waals surface area contributed by atoms with Crippen LogP contribution in [0.5, 0.6) is 5.75 Å². The van der Waals surface area contributed by atoms with Crippen LogP contribution in [-0.2, 0) is 11.4 Å². The Hall–Kier alpha value is -3.13. The molecule has 1 aromatic heterocycles. The fourth-order valence-electron chi connectivity index (χ4n) is 2.11. The first kappa shape index (κ1) is 18.7. The van der Waals surface area contributed by atoms with Gasteiger partial charge in [0.05, 0.1) is 0 Å². The van der Waals surface area contributed by atoms with E-state index in [1.54, 1.807) is 43.3 Å². The zero-order chi connectivity index (χ0) is 19.2. The molecule has 3 rings (SSSR count). The Labute approximate surface area is 158 Å². The Morgan fingerprint density at radius 2 is 1.89 bits per heavy atom. The van der Waals surface area contributed by atoms with Crippen molar-refractivity contribution in [1.29, 1.82) is 0 Å². The summed E-state index contributed by atoms with van der Waals surface area (Å²) >= 11 is 0.885. The quantitative estimate of drug-likeness (QED) is 0.478. The van der Waals surface area contributed by atoms with Gasteiger partial charge in [0, 0.05) is 6.92 Å². The number of nitrogens with zero attached hydrogens (tertiary/aromatic N) is 2. The minimum Gasteiger partial charge on any atom is -0.489 e. The van der Waals surface area contributed by atoms with Crippen molar-refractivity contribution in [1.82, 2.24) is 10.2 Å². The van der Waals surface area contributed by atoms with Crippen LogP contribution in [0.25, 0.3) is 6.08 Å². The predicted octanol–water partition coefficient (Wildman–Crippen LogP) is 4.31. The van der Waals surface area contributed by atoms with Gasteiger partial charge in [-0.1, -0.05) is 24.3 Å². The molecule has 0 unspecified atom stereocenters. The number of aliphatic carboxylic acids is 1. The highest BCUT2D eigenvalue weighted by molar-refractivity contribution is 8.03. The highest BCUT2D eigenvalue weighted by Crippen LogP contribution is 2.28. The molecule has 0 aliphatic heterocycles. The number of benzene rings is 2. The summed E-state index contributed by atoms with van der Waals surface area (Å²) in [6, 6.07) is 13.0. The number of rotatable bonds is 7. The van der Waals surface area contributed by atoms with Gasteiger partial charge in [0.2, 0.25) is 5.89 Å². The summed E-state index contributed by atoms with van der Waals surface area (Å²) in [6.07, 6.45) is 1.51. The van der Waals surface area contributed by atoms with E-state index < -0.39 is 5.97 Å². The highest BCUT2D eigenvalue weighted by atomic mass is 32.2. The van der Waals surface area contributed by atoms with Crippen LogP contribution in [0.4, 0.5) is 4.39 Å². The molecule has 8 heteroatoms. The standard InChI is InChI=1S/C19H15FN2O4S/c1-12-21-22-19(26-12)27-17(18(23)24)10-13-4-8-16(9-5-13)25-11-14-2-6-15(20)7-3-14/h2-10H,11H2,1H3,(H,23,24)/b17-10-. The molecule has 1 N–H and O–H groups in total. The molecule has 0 bridgehead atoms. The summed E-state index contributed by atoms with van der Waals surface area (Å²) in [7, 11) is 0. The second-order valence-electron chi connectivity index (χ2n) is 5.49. The van der Waals surface area contributed by atoms with Crippen molar-refractivity contribution in [3.63, 3.8) is 0 Å². The van der Waals surface area contributed by atoms with Gasteiger partial charge in [-0.15, -0.1) is 10.2 Å². The van der Waals surface area contributed by atoms with E-state index in [2.05, 4.69) is 10.2 Å². The molecule has 0 radical (unpaired) electrons. The molecule has 0 spiro atoms. The van der Waals surface area contributed by atoms with Crippen molar-refractivity contribution >= 4 is 23.8 Å². The molecule has 0 fully saturated rings. The fourth-order valence-corrected chi connectivity index (χ4v) is 2.82. The first-order valence-corrected chi connectivity index (χ1v) is 8.71. The third kappa shape index (κ3) is 5.42. The number of hydrogen-bond donors (Lipinski definition) is 1. The summed E-state index contributed by atoms with van der Waals surface area (Å²) in [4.78, 5) is 11.5. The van der Waals surface area contributed by atoms with Crippen LogP contribution in [0.3, 0.4) is 0 Å².